The lowest BCUT2D eigenvalue weighted by molar-refractivity contribution is 0.272. The fraction of sp³-hybridized carbons (Fsp3) is 1.00. The Balaban J connectivity index is 0.000000250. The number of nitrogens with two attached hydrogens (primary N) is 1. The third-order valence-corrected chi connectivity index (χ3v) is 0.805. The van der Waals surface area contributed by atoms with Crippen molar-refractivity contribution >= 4 is 12.4 Å². The molecule has 0 unspecified atom stereocenters. The molecule has 0 saturated heterocycles. The van der Waals surface area contributed by atoms with Gasteiger partial charge in [0.1, 0.15) is 0 Å². The molecule has 0 aromatic rings. The molecule has 1 rings (SSSR count). The summed E-state index contributed by atoms with van der Waals surface area (Å²) in [5.41, 5.74) is 5.12. The topological polar surface area (TPSA) is 46.2 Å². The van der Waals surface area contributed by atoms with E-state index in [2.05, 4.69) is 0 Å². The van der Waals surface area contributed by atoms with Crippen molar-refractivity contribution < 1.29 is 5.11 Å². The molecule has 3 heteroatoms. The Bertz CT molecular complexity index is 44.1. The molecule has 0 bridgehead atoms. The van der Waals surface area contributed by atoms with Crippen LogP contribution in [0.2, 0.25) is 0 Å². The predicted octanol–water partition coefficient (Wildman–Crippen LogP) is -0.500. The summed E-state index contributed by atoms with van der Waals surface area (Å²) in [6.07, 6.45) is 0.634. The normalized spacial score (nSPS) is 41.0. The van der Waals surface area contributed by atoms with Gasteiger partial charge in [-0.2, -0.15) is 0 Å². The highest BCUT2D eigenvalue weighted by Gasteiger charge is 2.30. The van der Waals surface area contributed by atoms with Crippen molar-refractivity contribution in [3.63, 3.8) is 0 Å². The molecule has 6 heavy (non-hydrogen) atoms. The van der Waals surface area contributed by atoms with Gasteiger partial charge in [0.05, 0.1) is 6.10 Å². The second-order valence-electron chi connectivity index (χ2n) is 1.47. The van der Waals surface area contributed by atoms with E-state index < -0.39 is 0 Å². The lowest BCUT2D eigenvalue weighted by atomic mass is 10.8. The van der Waals surface area contributed by atoms with Crippen LogP contribution in [0.4, 0.5) is 0 Å². The summed E-state index contributed by atoms with van der Waals surface area (Å²) in [5.74, 6) is 0. The van der Waals surface area contributed by atoms with Crippen LogP contribution in [0.3, 0.4) is 0 Å². The molecule has 38 valence electrons. The monoisotopic (exact) mass is 109 g/mol. The van der Waals surface area contributed by atoms with Gasteiger partial charge in [0.2, 0.25) is 0 Å². The number of hydrogen-bond acceptors (Lipinski definition) is 2. The van der Waals surface area contributed by atoms with Gasteiger partial charge in [0.25, 0.3) is 0 Å². The summed E-state index contributed by atoms with van der Waals surface area (Å²) in [5, 5.41) is 8.31. The zero-order valence-corrected chi connectivity index (χ0v) is 4.11. The van der Waals surface area contributed by atoms with Crippen LogP contribution >= 0.6 is 12.4 Å². The zero-order chi connectivity index (χ0) is 3.86. The van der Waals surface area contributed by atoms with Gasteiger partial charge >= 0.3 is 0 Å². The Labute approximate surface area is 42.8 Å². The average Bonchev–Trinajstić information content (AvgIpc) is 1.79. The predicted molar refractivity (Wildman–Crippen MR) is 25.8 cm³/mol. The Kier molecular flexibility index (Phi) is 1.84. The van der Waals surface area contributed by atoms with E-state index in [1.165, 1.54) is 0 Å². The second-order valence-corrected chi connectivity index (χ2v) is 1.47. The first-order valence-electron chi connectivity index (χ1n) is 1.74. The van der Waals surface area contributed by atoms with Crippen molar-refractivity contribution in [2.45, 2.75) is 18.6 Å². The van der Waals surface area contributed by atoms with Crippen molar-refractivity contribution in [3.05, 3.63) is 0 Å². The second kappa shape index (κ2) is 1.78. The Morgan fingerprint density at radius 3 is 1.83 bits per heavy atom. The van der Waals surface area contributed by atoms with Crippen LogP contribution in [-0.4, -0.2) is 17.3 Å². The highest BCUT2D eigenvalue weighted by Crippen LogP contribution is 2.15. The molecule has 1 fully saturated rings. The molecule has 0 aromatic carbocycles. The quantitative estimate of drug-likeness (QED) is 0.441. The van der Waals surface area contributed by atoms with Crippen LogP contribution in [0.1, 0.15) is 6.42 Å². The van der Waals surface area contributed by atoms with Gasteiger partial charge in [-0.1, -0.05) is 0 Å². The molecular formula is C3H8ClNO. The third kappa shape index (κ3) is 1.12. The first kappa shape index (κ1) is 6.21. The summed E-state index contributed by atoms with van der Waals surface area (Å²) in [6, 6.07) is 0.106. The fourth-order valence-corrected chi connectivity index (χ4v) is 0.200. The standard InChI is InChI=1S/C3H7NO.ClH/c4-2-1-3(2)5;/h2-3,5H,1,4H2;1H/t2-,3-;/m1./s1. The maximum Gasteiger partial charge on any atom is 0.0707 e. The number of halogens is 1. The van der Waals surface area contributed by atoms with Gasteiger partial charge in [-0.25, -0.2) is 0 Å². The van der Waals surface area contributed by atoms with Crippen LogP contribution in [-0.2, 0) is 0 Å². The fourth-order valence-electron chi connectivity index (χ4n) is 0.200. The number of aliphatic hydroxyl groups excluding tert-OH is 1. The largest absolute Gasteiger partial charge is 0.391 e. The zero-order valence-electron chi connectivity index (χ0n) is 3.29. The van der Waals surface area contributed by atoms with E-state index >= 15 is 0 Å². The van der Waals surface area contributed by atoms with Crippen LogP contribution in [0.25, 0.3) is 0 Å². The molecule has 0 aromatic heterocycles. The van der Waals surface area contributed by atoms with Crippen molar-refractivity contribution in [1.82, 2.24) is 0 Å². The van der Waals surface area contributed by atoms with Gasteiger partial charge < -0.3 is 10.8 Å². The summed E-state index contributed by atoms with van der Waals surface area (Å²) in [6.45, 7) is 0. The SMILES string of the molecule is Cl.N[C@@H]1C[C@H]1O. The van der Waals surface area contributed by atoms with Gasteiger partial charge in [-0.3, -0.25) is 0 Å². The highest BCUT2D eigenvalue weighted by molar-refractivity contribution is 5.85. The summed E-state index contributed by atoms with van der Waals surface area (Å²) in [7, 11) is 0. The van der Waals surface area contributed by atoms with Crippen molar-refractivity contribution in [3.8, 4) is 0 Å². The van der Waals surface area contributed by atoms with Crippen LogP contribution in [0.15, 0.2) is 0 Å². The summed E-state index contributed by atoms with van der Waals surface area (Å²) < 4.78 is 0. The van der Waals surface area contributed by atoms with E-state index in [9.17, 15) is 0 Å². The number of aliphatic hydroxyl groups is 1. The maximum absolute atomic E-state index is 8.31. The average molecular weight is 110 g/mol. The summed E-state index contributed by atoms with van der Waals surface area (Å²) >= 11 is 0. The molecule has 1 aliphatic rings. The van der Waals surface area contributed by atoms with Crippen molar-refractivity contribution in [2.75, 3.05) is 0 Å². The van der Waals surface area contributed by atoms with E-state index in [4.69, 9.17) is 10.8 Å². The molecule has 2 nitrogen and oxygen atoms in total. The van der Waals surface area contributed by atoms with Crippen LogP contribution < -0.4 is 5.73 Å². The molecule has 0 aliphatic heterocycles. The molecule has 0 amide bonds. The van der Waals surface area contributed by atoms with Gasteiger partial charge in [0.15, 0.2) is 0 Å². The summed E-state index contributed by atoms with van der Waals surface area (Å²) in [4.78, 5) is 0. The molecule has 1 aliphatic carbocycles. The Hall–Kier alpha value is 0.210. The van der Waals surface area contributed by atoms with Gasteiger partial charge in [-0.15, -0.1) is 12.4 Å². The minimum Gasteiger partial charge on any atom is -0.391 e. The van der Waals surface area contributed by atoms with Crippen molar-refractivity contribution in [1.29, 1.82) is 0 Å². The molecule has 3 N–H and O–H groups in total. The van der Waals surface area contributed by atoms with Crippen LogP contribution in [0, 0.1) is 0 Å². The lowest BCUT2D eigenvalue weighted by Crippen LogP contribution is -2.03. The lowest BCUT2D eigenvalue weighted by Gasteiger charge is -1.70. The third-order valence-electron chi connectivity index (χ3n) is 0.805. The highest BCUT2D eigenvalue weighted by atomic mass is 35.5. The minimum atomic E-state index is -0.171. The van der Waals surface area contributed by atoms with E-state index in [1.54, 1.807) is 0 Å². The first-order valence-corrected chi connectivity index (χ1v) is 1.74. The molecule has 0 radical (unpaired) electrons. The number of hydrogen-bond donors (Lipinski definition) is 2. The number of rotatable bonds is 0. The van der Waals surface area contributed by atoms with E-state index in [1.807, 2.05) is 0 Å². The van der Waals surface area contributed by atoms with E-state index in [0.717, 1.165) is 6.42 Å². The smallest absolute Gasteiger partial charge is 0.0707 e. The Morgan fingerprint density at radius 2 is 1.83 bits per heavy atom. The van der Waals surface area contributed by atoms with E-state index in [0.29, 0.717) is 0 Å². The maximum atomic E-state index is 8.31. The van der Waals surface area contributed by atoms with Gasteiger partial charge in [0, 0.05) is 6.04 Å². The minimum absolute atomic E-state index is 0. The molecular weight excluding hydrogens is 101 g/mol. The van der Waals surface area contributed by atoms with E-state index in [-0.39, 0.29) is 24.6 Å². The molecule has 1 saturated carbocycles. The first-order chi connectivity index (χ1) is 2.30. The molecule has 0 spiro atoms. The molecule has 0 heterocycles. The van der Waals surface area contributed by atoms with Gasteiger partial charge in [-0.05, 0) is 6.42 Å². The Morgan fingerprint density at radius 1 is 1.67 bits per heavy atom. The van der Waals surface area contributed by atoms with Crippen LogP contribution in [0.5, 0.6) is 0 Å². The van der Waals surface area contributed by atoms with Crippen molar-refractivity contribution in [2.24, 2.45) is 5.73 Å². The molecule has 2 atom stereocenters.